The summed E-state index contributed by atoms with van der Waals surface area (Å²) in [6, 6.07) is 0. The third-order valence-electron chi connectivity index (χ3n) is 8.74. The number of rotatable bonds is 29. The summed E-state index contributed by atoms with van der Waals surface area (Å²) < 4.78 is 5.77. The minimum absolute atomic E-state index is 0.176. The second kappa shape index (κ2) is 27.1. The fourth-order valence-electron chi connectivity index (χ4n) is 6.06. The van der Waals surface area contributed by atoms with Crippen LogP contribution >= 0.6 is 0 Å². The van der Waals surface area contributed by atoms with Crippen LogP contribution in [0.2, 0.25) is 0 Å². The lowest BCUT2D eigenvalue weighted by Gasteiger charge is -2.11. The van der Waals surface area contributed by atoms with E-state index >= 15 is 0 Å². The number of H-pyrrole nitrogens is 1. The Morgan fingerprint density at radius 2 is 1.32 bits per heavy atom. The molecule has 0 saturated heterocycles. The summed E-state index contributed by atoms with van der Waals surface area (Å²) in [5.74, 6) is 0.193. The zero-order valence-electron chi connectivity index (χ0n) is 28.7. The van der Waals surface area contributed by atoms with E-state index in [0.717, 1.165) is 31.0 Å². The maximum atomic E-state index is 12.4. The summed E-state index contributed by atoms with van der Waals surface area (Å²) in [5.41, 5.74) is 1.27. The maximum Gasteiger partial charge on any atom is 0.220 e. The molecule has 6 nitrogen and oxygen atoms in total. The van der Waals surface area contributed by atoms with Gasteiger partial charge < -0.3 is 25.7 Å². The van der Waals surface area contributed by atoms with Crippen LogP contribution in [0.15, 0.2) is 18.6 Å². The quantitative estimate of drug-likeness (QED) is 0.0695. The van der Waals surface area contributed by atoms with Gasteiger partial charge in [-0.2, -0.15) is 0 Å². The molecule has 1 aliphatic heterocycles. The van der Waals surface area contributed by atoms with Crippen molar-refractivity contribution >= 4 is 18.1 Å². The van der Waals surface area contributed by atoms with Crippen LogP contribution in [0.4, 0.5) is 0 Å². The first-order valence-corrected chi connectivity index (χ1v) is 18.6. The van der Waals surface area contributed by atoms with Crippen LogP contribution in [-0.2, 0) is 16.0 Å². The molecule has 0 spiro atoms. The van der Waals surface area contributed by atoms with Gasteiger partial charge in [0.15, 0.2) is 0 Å². The monoisotopic (exact) mass is 613 g/mol. The summed E-state index contributed by atoms with van der Waals surface area (Å²) in [6.07, 6.45) is 40.0. The molecule has 0 radical (unpaired) electrons. The van der Waals surface area contributed by atoms with Gasteiger partial charge in [-0.05, 0) is 36.5 Å². The van der Waals surface area contributed by atoms with E-state index < -0.39 is 0 Å². The van der Waals surface area contributed by atoms with Crippen molar-refractivity contribution in [1.82, 2.24) is 20.9 Å². The number of hydrogen-bond acceptors (Lipinski definition) is 4. The normalized spacial score (nSPS) is 14.0. The molecule has 1 aliphatic rings. The van der Waals surface area contributed by atoms with Gasteiger partial charge in [0.05, 0.1) is 13.2 Å². The van der Waals surface area contributed by atoms with E-state index in [1.54, 1.807) is 0 Å². The van der Waals surface area contributed by atoms with E-state index in [9.17, 15) is 4.79 Å². The van der Waals surface area contributed by atoms with Crippen molar-refractivity contribution in [3.8, 4) is 0 Å². The molecule has 6 heteroatoms. The molecule has 0 fully saturated rings. The molecule has 252 valence electrons. The second-order valence-electron chi connectivity index (χ2n) is 12.8. The molecule has 2 heterocycles. The molecule has 44 heavy (non-hydrogen) atoms. The molecule has 0 aromatic carbocycles. The molecular formula is C38H68N4O2. The lowest BCUT2D eigenvalue weighted by molar-refractivity contribution is -0.121. The highest BCUT2D eigenvalue weighted by molar-refractivity contribution is 5.75. The number of carbonyl (C=O) groups is 1. The van der Waals surface area contributed by atoms with Crippen molar-refractivity contribution in [2.45, 2.75) is 168 Å². The van der Waals surface area contributed by atoms with Crippen LogP contribution in [-0.4, -0.2) is 36.8 Å². The SMILES string of the molecule is CC/C=c1/c(CCNC(=O)CCCCCCCCCCCCCCCCCCCCC)c[nH]/c1=C/CCOCC1NC=CN1. The smallest absolute Gasteiger partial charge is 0.220 e. The largest absolute Gasteiger partial charge is 0.377 e. The number of hydrogen-bond donors (Lipinski definition) is 4. The van der Waals surface area contributed by atoms with Crippen molar-refractivity contribution in [3.63, 3.8) is 0 Å². The van der Waals surface area contributed by atoms with Crippen LogP contribution in [0.1, 0.15) is 161 Å². The highest BCUT2D eigenvalue weighted by Gasteiger charge is 2.07. The Labute approximate surface area is 270 Å². The summed E-state index contributed by atoms with van der Waals surface area (Å²) >= 11 is 0. The molecule has 1 amide bonds. The third-order valence-corrected chi connectivity index (χ3v) is 8.74. The Morgan fingerprint density at radius 1 is 0.773 bits per heavy atom. The van der Waals surface area contributed by atoms with Crippen molar-refractivity contribution in [2.75, 3.05) is 19.8 Å². The molecule has 0 unspecified atom stereocenters. The molecule has 4 N–H and O–H groups in total. The number of nitrogens with one attached hydrogen (secondary N) is 4. The number of carbonyl (C=O) groups excluding carboxylic acids is 1. The lowest BCUT2D eigenvalue weighted by atomic mass is 10.0. The first kappa shape index (κ1) is 38.0. The Bertz CT molecular complexity index is 962. The van der Waals surface area contributed by atoms with Crippen LogP contribution in [0, 0.1) is 0 Å². The zero-order chi connectivity index (χ0) is 31.3. The first-order valence-electron chi connectivity index (χ1n) is 18.6. The Balaban J connectivity index is 1.40. The predicted octanol–water partition coefficient (Wildman–Crippen LogP) is 7.86. The number of ether oxygens (including phenoxy) is 1. The Kier molecular flexibility index (Phi) is 23.4. The van der Waals surface area contributed by atoms with Gasteiger partial charge in [0.1, 0.15) is 6.17 Å². The average Bonchev–Trinajstić information content (AvgIpc) is 3.69. The molecule has 1 aromatic rings. The highest BCUT2D eigenvalue weighted by Crippen LogP contribution is 2.14. The maximum absolute atomic E-state index is 12.4. The van der Waals surface area contributed by atoms with E-state index in [1.165, 1.54) is 126 Å². The third kappa shape index (κ3) is 19.2. The van der Waals surface area contributed by atoms with Gasteiger partial charge >= 0.3 is 0 Å². The van der Waals surface area contributed by atoms with Crippen LogP contribution in [0.3, 0.4) is 0 Å². The van der Waals surface area contributed by atoms with E-state index in [2.05, 4.69) is 53.1 Å². The van der Waals surface area contributed by atoms with E-state index in [0.29, 0.717) is 26.2 Å². The van der Waals surface area contributed by atoms with Crippen molar-refractivity contribution in [2.24, 2.45) is 0 Å². The second-order valence-corrected chi connectivity index (χ2v) is 12.8. The summed E-state index contributed by atoms with van der Waals surface area (Å²) in [5, 5.41) is 11.9. The molecule has 2 rings (SSSR count). The average molecular weight is 613 g/mol. The van der Waals surface area contributed by atoms with Crippen molar-refractivity contribution in [3.05, 3.63) is 34.7 Å². The topological polar surface area (TPSA) is 78.2 Å². The Morgan fingerprint density at radius 3 is 1.86 bits per heavy atom. The number of amides is 1. The molecule has 0 aliphatic carbocycles. The number of aromatic amines is 1. The van der Waals surface area contributed by atoms with Gasteiger partial charge in [-0.1, -0.05) is 142 Å². The highest BCUT2D eigenvalue weighted by atomic mass is 16.5. The van der Waals surface area contributed by atoms with Gasteiger partial charge in [-0.15, -0.1) is 0 Å². The fourth-order valence-corrected chi connectivity index (χ4v) is 6.06. The fraction of sp³-hybridized carbons (Fsp3) is 0.763. The van der Waals surface area contributed by atoms with Gasteiger partial charge in [0, 0.05) is 36.9 Å². The first-order chi connectivity index (χ1) is 21.7. The lowest BCUT2D eigenvalue weighted by Crippen LogP contribution is -2.35. The molecular weight excluding hydrogens is 544 g/mol. The minimum atomic E-state index is 0.176. The van der Waals surface area contributed by atoms with Gasteiger partial charge in [0.2, 0.25) is 5.91 Å². The molecule has 0 atom stereocenters. The zero-order valence-corrected chi connectivity index (χ0v) is 28.7. The molecule has 1 aromatic heterocycles. The number of unbranched alkanes of at least 4 members (excludes halogenated alkanes) is 18. The van der Waals surface area contributed by atoms with Crippen LogP contribution < -0.4 is 26.5 Å². The summed E-state index contributed by atoms with van der Waals surface area (Å²) in [7, 11) is 0. The minimum Gasteiger partial charge on any atom is -0.377 e. The van der Waals surface area contributed by atoms with Crippen molar-refractivity contribution in [1.29, 1.82) is 0 Å². The summed E-state index contributed by atoms with van der Waals surface area (Å²) in [4.78, 5) is 15.8. The number of aromatic nitrogens is 1. The van der Waals surface area contributed by atoms with E-state index in [4.69, 9.17) is 4.74 Å². The van der Waals surface area contributed by atoms with E-state index in [1.807, 2.05) is 12.4 Å². The summed E-state index contributed by atoms with van der Waals surface area (Å²) in [6.45, 7) is 6.49. The molecule has 0 bridgehead atoms. The van der Waals surface area contributed by atoms with Crippen LogP contribution in [0.25, 0.3) is 12.2 Å². The van der Waals surface area contributed by atoms with Gasteiger partial charge in [-0.3, -0.25) is 4.79 Å². The van der Waals surface area contributed by atoms with E-state index in [-0.39, 0.29) is 12.1 Å². The predicted molar refractivity (Wildman–Crippen MR) is 189 cm³/mol. The van der Waals surface area contributed by atoms with Gasteiger partial charge in [0.25, 0.3) is 0 Å². The standard InChI is InChI=1S/C38H68N4O2/c1-3-5-6-7-8-9-10-11-12-13-14-15-16-17-18-19-20-21-22-26-38(43)41-28-27-34-32-42-36(35(34)24-4-2)25-23-31-44-33-37-39-29-30-40-37/h24-25,29-30,32,37,39-40,42H,3-23,26-28,31,33H2,1-2H3,(H,41,43)/b35-24-,36-25+. The molecule has 0 saturated carbocycles. The van der Waals surface area contributed by atoms with Crippen molar-refractivity contribution < 1.29 is 9.53 Å². The Hall–Kier alpha value is -2.21. The van der Waals surface area contributed by atoms with Gasteiger partial charge in [-0.25, -0.2) is 0 Å². The van der Waals surface area contributed by atoms with Crippen LogP contribution in [0.5, 0.6) is 0 Å².